The maximum atomic E-state index is 5.84. The average molecular weight is 252 g/mol. The normalized spacial score (nSPS) is 16.3. The lowest BCUT2D eigenvalue weighted by Gasteiger charge is -2.24. The van der Waals surface area contributed by atoms with Gasteiger partial charge in [0.1, 0.15) is 0 Å². The molecule has 0 radical (unpaired) electrons. The molecule has 0 fully saturated rings. The zero-order chi connectivity index (χ0) is 13.2. The summed E-state index contributed by atoms with van der Waals surface area (Å²) in [5.41, 5.74) is 8.61. The van der Waals surface area contributed by atoms with Crippen LogP contribution in [0.1, 0.15) is 28.3 Å². The highest BCUT2D eigenvalue weighted by Crippen LogP contribution is 2.35. The lowest BCUT2D eigenvalue weighted by atomic mass is 9.89. The Labute approximate surface area is 114 Å². The molecule has 3 rings (SSSR count). The van der Waals surface area contributed by atoms with Gasteiger partial charge in [-0.15, -0.1) is 0 Å². The zero-order valence-electron chi connectivity index (χ0n) is 11.3. The summed E-state index contributed by atoms with van der Waals surface area (Å²) in [6, 6.07) is 17.5. The second kappa shape index (κ2) is 5.16. The van der Waals surface area contributed by atoms with Gasteiger partial charge in [-0.2, -0.15) is 0 Å². The van der Waals surface area contributed by atoms with Crippen molar-refractivity contribution in [3.8, 4) is 0 Å². The second-order valence-corrected chi connectivity index (χ2v) is 5.44. The Bertz CT molecular complexity index is 552. The summed E-state index contributed by atoms with van der Waals surface area (Å²) in [5.74, 6) is 6.38. The van der Waals surface area contributed by atoms with Gasteiger partial charge in [0.2, 0.25) is 0 Å². The molecular weight excluding hydrogens is 232 g/mol. The number of aryl methyl sites for hydroxylation is 1. The number of benzene rings is 2. The van der Waals surface area contributed by atoms with Crippen molar-refractivity contribution < 1.29 is 0 Å². The molecule has 98 valence electrons. The Kier molecular flexibility index (Phi) is 3.36. The Morgan fingerprint density at radius 1 is 1.00 bits per heavy atom. The molecule has 0 bridgehead atoms. The van der Waals surface area contributed by atoms with Gasteiger partial charge in [-0.25, -0.2) is 0 Å². The van der Waals surface area contributed by atoms with Gasteiger partial charge >= 0.3 is 0 Å². The summed E-state index contributed by atoms with van der Waals surface area (Å²) >= 11 is 0. The zero-order valence-corrected chi connectivity index (χ0v) is 11.3. The predicted molar refractivity (Wildman–Crippen MR) is 78.6 cm³/mol. The van der Waals surface area contributed by atoms with Crippen molar-refractivity contribution in [1.29, 1.82) is 0 Å². The largest absolute Gasteiger partial charge is 0.271 e. The molecule has 2 heteroatoms. The summed E-state index contributed by atoms with van der Waals surface area (Å²) in [6.07, 6.45) is 2.22. The van der Waals surface area contributed by atoms with Crippen molar-refractivity contribution in [2.24, 2.45) is 11.8 Å². The summed E-state index contributed by atoms with van der Waals surface area (Å²) < 4.78 is 0. The Morgan fingerprint density at radius 3 is 2.16 bits per heavy atom. The van der Waals surface area contributed by atoms with Crippen LogP contribution in [0, 0.1) is 12.8 Å². The fraction of sp³-hybridized carbons (Fsp3) is 0.294. The van der Waals surface area contributed by atoms with E-state index in [1.165, 1.54) is 22.3 Å². The molecule has 3 N–H and O–H groups in total. The molecule has 0 saturated carbocycles. The molecule has 2 aromatic carbocycles. The van der Waals surface area contributed by atoms with Gasteiger partial charge in [0.15, 0.2) is 0 Å². The van der Waals surface area contributed by atoms with Crippen molar-refractivity contribution in [3.05, 3.63) is 70.8 Å². The van der Waals surface area contributed by atoms with Crippen LogP contribution < -0.4 is 11.3 Å². The number of hydrogen-bond acceptors (Lipinski definition) is 2. The molecule has 0 amide bonds. The number of hydrogen-bond donors (Lipinski definition) is 2. The number of hydrazine groups is 1. The van der Waals surface area contributed by atoms with Gasteiger partial charge in [0.05, 0.1) is 0 Å². The van der Waals surface area contributed by atoms with Crippen LogP contribution in [0.25, 0.3) is 0 Å². The van der Waals surface area contributed by atoms with Gasteiger partial charge in [0.25, 0.3) is 0 Å². The number of nitrogens with two attached hydrogens (primary N) is 1. The molecular formula is C17H20N2. The van der Waals surface area contributed by atoms with E-state index in [4.69, 9.17) is 5.84 Å². The fourth-order valence-corrected chi connectivity index (χ4v) is 3.24. The van der Waals surface area contributed by atoms with Crippen LogP contribution in [0.5, 0.6) is 0 Å². The van der Waals surface area contributed by atoms with E-state index >= 15 is 0 Å². The van der Waals surface area contributed by atoms with Crippen LogP contribution in [0.4, 0.5) is 0 Å². The van der Waals surface area contributed by atoms with E-state index in [-0.39, 0.29) is 6.04 Å². The van der Waals surface area contributed by atoms with E-state index in [0.717, 1.165) is 12.8 Å². The van der Waals surface area contributed by atoms with Crippen LogP contribution in [-0.4, -0.2) is 0 Å². The molecule has 0 aromatic heterocycles. The number of nitrogens with one attached hydrogen (secondary N) is 1. The van der Waals surface area contributed by atoms with Gasteiger partial charge < -0.3 is 0 Å². The molecule has 0 heterocycles. The molecule has 0 spiro atoms. The van der Waals surface area contributed by atoms with Crippen molar-refractivity contribution in [2.45, 2.75) is 25.8 Å². The van der Waals surface area contributed by atoms with E-state index in [1.54, 1.807) is 0 Å². The van der Waals surface area contributed by atoms with Crippen LogP contribution in [0.3, 0.4) is 0 Å². The third-order valence-electron chi connectivity index (χ3n) is 4.26. The minimum atomic E-state index is 0.230. The van der Waals surface area contributed by atoms with Crippen LogP contribution in [-0.2, 0) is 12.8 Å². The van der Waals surface area contributed by atoms with Gasteiger partial charge in [-0.05, 0) is 47.9 Å². The molecule has 1 aliphatic carbocycles. The third kappa shape index (κ3) is 2.29. The average Bonchev–Trinajstić information content (AvgIpc) is 2.85. The number of rotatable bonds is 3. The van der Waals surface area contributed by atoms with E-state index in [9.17, 15) is 0 Å². The van der Waals surface area contributed by atoms with E-state index in [0.29, 0.717) is 5.92 Å². The first-order chi connectivity index (χ1) is 9.29. The topological polar surface area (TPSA) is 38.0 Å². The summed E-state index contributed by atoms with van der Waals surface area (Å²) in [6.45, 7) is 2.15. The maximum absolute atomic E-state index is 5.84. The first-order valence-electron chi connectivity index (χ1n) is 6.88. The molecule has 1 unspecified atom stereocenters. The lowest BCUT2D eigenvalue weighted by molar-refractivity contribution is 0.378. The third-order valence-corrected chi connectivity index (χ3v) is 4.26. The van der Waals surface area contributed by atoms with Gasteiger partial charge in [0, 0.05) is 6.04 Å². The fourth-order valence-electron chi connectivity index (χ4n) is 3.24. The van der Waals surface area contributed by atoms with Crippen LogP contribution >= 0.6 is 0 Å². The molecule has 0 saturated heterocycles. The highest BCUT2D eigenvalue weighted by Gasteiger charge is 2.29. The first-order valence-corrected chi connectivity index (χ1v) is 6.88. The van der Waals surface area contributed by atoms with Crippen LogP contribution in [0.2, 0.25) is 0 Å². The minimum absolute atomic E-state index is 0.230. The monoisotopic (exact) mass is 252 g/mol. The van der Waals surface area contributed by atoms with Crippen LogP contribution in [0.15, 0.2) is 48.5 Å². The van der Waals surface area contributed by atoms with Crippen molar-refractivity contribution in [2.75, 3.05) is 0 Å². The van der Waals surface area contributed by atoms with Crippen molar-refractivity contribution in [1.82, 2.24) is 5.43 Å². The van der Waals surface area contributed by atoms with Crippen molar-refractivity contribution >= 4 is 0 Å². The summed E-state index contributed by atoms with van der Waals surface area (Å²) in [4.78, 5) is 0. The predicted octanol–water partition coefficient (Wildman–Crippen LogP) is 2.91. The molecule has 1 aliphatic rings. The molecule has 2 aromatic rings. The second-order valence-electron chi connectivity index (χ2n) is 5.44. The van der Waals surface area contributed by atoms with E-state index in [1.807, 2.05) is 0 Å². The van der Waals surface area contributed by atoms with Gasteiger partial charge in [-0.1, -0.05) is 48.5 Å². The van der Waals surface area contributed by atoms with E-state index in [2.05, 4.69) is 60.9 Å². The highest BCUT2D eigenvalue weighted by atomic mass is 15.2. The quantitative estimate of drug-likeness (QED) is 0.651. The Morgan fingerprint density at radius 2 is 1.58 bits per heavy atom. The standard InChI is InChI=1S/C17H20N2/c1-12-6-2-5-9-16(12)17(19-18)15-10-13-7-3-4-8-14(13)11-15/h2-9,15,17,19H,10-11,18H2,1H3. The molecule has 1 atom stereocenters. The van der Waals surface area contributed by atoms with Crippen molar-refractivity contribution in [3.63, 3.8) is 0 Å². The number of fused-ring (bicyclic) bond motifs is 1. The SMILES string of the molecule is Cc1ccccc1C(NN)C1Cc2ccccc2C1. The summed E-state index contributed by atoms with van der Waals surface area (Å²) in [5, 5.41) is 0. The Hall–Kier alpha value is -1.64. The minimum Gasteiger partial charge on any atom is -0.271 e. The summed E-state index contributed by atoms with van der Waals surface area (Å²) in [7, 11) is 0. The molecule has 0 aliphatic heterocycles. The van der Waals surface area contributed by atoms with Gasteiger partial charge in [-0.3, -0.25) is 11.3 Å². The smallest absolute Gasteiger partial charge is 0.0497 e. The first kappa shape index (κ1) is 12.4. The Balaban J connectivity index is 1.88. The lowest BCUT2D eigenvalue weighted by Crippen LogP contribution is -2.34. The maximum Gasteiger partial charge on any atom is 0.0497 e. The molecule has 19 heavy (non-hydrogen) atoms. The highest BCUT2D eigenvalue weighted by molar-refractivity contribution is 5.36. The van der Waals surface area contributed by atoms with E-state index < -0.39 is 0 Å². The molecule has 2 nitrogen and oxygen atoms in total.